The van der Waals surface area contributed by atoms with Crippen LogP contribution in [-0.4, -0.2) is 63.6 Å². The van der Waals surface area contributed by atoms with Gasteiger partial charge in [-0.3, -0.25) is 9.78 Å². The van der Waals surface area contributed by atoms with Gasteiger partial charge in [0, 0.05) is 63.3 Å². The molecule has 2 aliphatic rings. The highest BCUT2D eigenvalue weighted by Crippen LogP contribution is 2.25. The summed E-state index contributed by atoms with van der Waals surface area (Å²) in [6.45, 7) is 4.00. The normalized spacial score (nSPS) is 18.9. The molecule has 0 aliphatic carbocycles. The first-order valence-electron chi connectivity index (χ1n) is 11.4. The first-order valence-corrected chi connectivity index (χ1v) is 12.5. The third-order valence-electron chi connectivity index (χ3n) is 6.52. The second-order valence-corrected chi connectivity index (χ2v) is 9.65. The van der Waals surface area contributed by atoms with Crippen molar-refractivity contribution in [2.45, 2.75) is 12.8 Å². The van der Waals surface area contributed by atoms with Gasteiger partial charge in [-0.1, -0.05) is 30.3 Å². The first-order chi connectivity index (χ1) is 16.2. The Hall–Kier alpha value is -2.97. The number of rotatable bonds is 5. The highest BCUT2D eigenvalue weighted by atomic mass is 32.2. The van der Waals surface area contributed by atoms with Crippen molar-refractivity contribution in [3.63, 3.8) is 0 Å². The van der Waals surface area contributed by atoms with Crippen molar-refractivity contribution in [3.8, 4) is 5.75 Å². The van der Waals surface area contributed by atoms with E-state index in [4.69, 9.17) is 4.18 Å². The summed E-state index contributed by atoms with van der Waals surface area (Å²) in [6, 6.07) is 17.8. The molecular weight excluding hydrogens is 436 g/mol. The van der Waals surface area contributed by atoms with E-state index in [0.717, 1.165) is 36.7 Å². The lowest BCUT2D eigenvalue weighted by Crippen LogP contribution is -2.52. The molecule has 2 saturated heterocycles. The van der Waals surface area contributed by atoms with E-state index < -0.39 is 11.3 Å². The van der Waals surface area contributed by atoms with Crippen LogP contribution < -0.4 is 9.08 Å². The average molecular weight is 465 g/mol. The number of carbonyl (C=O) groups is 1. The Morgan fingerprint density at radius 1 is 0.879 bits per heavy atom. The number of anilines is 1. The Morgan fingerprint density at radius 3 is 2.30 bits per heavy atom. The van der Waals surface area contributed by atoms with E-state index in [2.05, 4.69) is 9.88 Å². The van der Waals surface area contributed by atoms with E-state index in [1.54, 1.807) is 16.7 Å². The summed E-state index contributed by atoms with van der Waals surface area (Å²) in [4.78, 5) is 21.4. The Labute approximate surface area is 196 Å². The fraction of sp³-hybridized carbons (Fsp3) is 0.360. The van der Waals surface area contributed by atoms with Crippen molar-refractivity contribution >= 4 is 33.6 Å². The predicted molar refractivity (Wildman–Crippen MR) is 130 cm³/mol. The quantitative estimate of drug-likeness (QED) is 0.580. The van der Waals surface area contributed by atoms with E-state index in [9.17, 15) is 9.00 Å². The van der Waals surface area contributed by atoms with Gasteiger partial charge in [0.1, 0.15) is 5.75 Å². The van der Waals surface area contributed by atoms with E-state index in [1.807, 2.05) is 59.5 Å². The minimum Gasteiger partial charge on any atom is -0.389 e. The number of nitrogens with zero attached hydrogens (tertiary/aromatic N) is 4. The lowest BCUT2D eigenvalue weighted by atomic mass is 9.94. The largest absolute Gasteiger partial charge is 0.389 e. The Bertz CT molecular complexity index is 1130. The summed E-state index contributed by atoms with van der Waals surface area (Å²) >= 11 is -1.58. The number of hydrogen-bond acceptors (Lipinski definition) is 5. The van der Waals surface area contributed by atoms with Gasteiger partial charge < -0.3 is 14.0 Å². The van der Waals surface area contributed by atoms with Gasteiger partial charge in [0.25, 0.3) is 11.3 Å². The molecule has 3 aromatic rings. The molecular formula is C25H28N4O3S. The van der Waals surface area contributed by atoms with Crippen LogP contribution in [0, 0.1) is 5.92 Å². The number of fused-ring (bicyclic) bond motifs is 1. The molecule has 0 bridgehead atoms. The summed E-state index contributed by atoms with van der Waals surface area (Å²) in [7, 11) is 0. The van der Waals surface area contributed by atoms with E-state index in [-0.39, 0.29) is 11.8 Å². The van der Waals surface area contributed by atoms with Crippen LogP contribution in [0.15, 0.2) is 67.0 Å². The smallest absolute Gasteiger partial charge is 0.290 e. The van der Waals surface area contributed by atoms with Gasteiger partial charge in [-0.15, -0.1) is 0 Å². The fourth-order valence-electron chi connectivity index (χ4n) is 4.61. The second kappa shape index (κ2) is 9.89. The van der Waals surface area contributed by atoms with Gasteiger partial charge in [-0.2, -0.15) is 8.51 Å². The number of amides is 1. The zero-order chi connectivity index (χ0) is 22.6. The minimum absolute atomic E-state index is 0.0639. The third-order valence-corrected chi connectivity index (χ3v) is 7.64. The number of pyridine rings is 1. The van der Waals surface area contributed by atoms with Crippen molar-refractivity contribution in [1.82, 2.24) is 14.2 Å². The number of benzene rings is 2. The molecule has 2 fully saturated rings. The van der Waals surface area contributed by atoms with Crippen LogP contribution in [0.25, 0.3) is 10.8 Å². The van der Waals surface area contributed by atoms with Gasteiger partial charge in [0.05, 0.1) is 0 Å². The Kier molecular flexibility index (Phi) is 6.55. The van der Waals surface area contributed by atoms with Gasteiger partial charge in [-0.05, 0) is 47.9 Å². The molecule has 0 saturated carbocycles. The Morgan fingerprint density at radius 2 is 1.58 bits per heavy atom. The number of piperazine rings is 1. The van der Waals surface area contributed by atoms with Crippen molar-refractivity contribution in [3.05, 3.63) is 67.0 Å². The number of hydrogen-bond donors (Lipinski definition) is 0. The van der Waals surface area contributed by atoms with Crippen molar-refractivity contribution < 1.29 is 13.2 Å². The second-order valence-electron chi connectivity index (χ2n) is 8.53. The summed E-state index contributed by atoms with van der Waals surface area (Å²) in [5.74, 6) is 0.880. The van der Waals surface area contributed by atoms with Crippen LogP contribution in [0.3, 0.4) is 0 Å². The average Bonchev–Trinajstić information content (AvgIpc) is 2.89. The number of aromatic nitrogens is 1. The van der Waals surface area contributed by atoms with Crippen molar-refractivity contribution in [2.24, 2.45) is 5.92 Å². The SMILES string of the molecule is O=C(C1CCN(c2ccncc2)CC1)N1CCN(S(=O)Oc2ccc3ccccc3c2)CC1. The topological polar surface area (TPSA) is 66.0 Å². The molecule has 33 heavy (non-hydrogen) atoms. The monoisotopic (exact) mass is 464 g/mol. The van der Waals surface area contributed by atoms with Gasteiger partial charge in [-0.25, -0.2) is 0 Å². The molecule has 0 N–H and O–H groups in total. The van der Waals surface area contributed by atoms with E-state index in [1.165, 1.54) is 5.69 Å². The van der Waals surface area contributed by atoms with Gasteiger partial charge >= 0.3 is 0 Å². The zero-order valence-corrected chi connectivity index (χ0v) is 19.3. The highest BCUT2D eigenvalue weighted by Gasteiger charge is 2.32. The molecule has 3 heterocycles. The first kappa shape index (κ1) is 21.9. The molecule has 1 amide bonds. The van der Waals surface area contributed by atoms with Crippen molar-refractivity contribution in [2.75, 3.05) is 44.2 Å². The molecule has 0 radical (unpaired) electrons. The summed E-state index contributed by atoms with van der Waals surface area (Å²) in [5.41, 5.74) is 1.17. The molecule has 7 nitrogen and oxygen atoms in total. The predicted octanol–water partition coefficient (Wildman–Crippen LogP) is 3.25. The lowest BCUT2D eigenvalue weighted by molar-refractivity contribution is -0.137. The molecule has 5 rings (SSSR count). The van der Waals surface area contributed by atoms with Gasteiger partial charge in [0.2, 0.25) is 5.91 Å². The van der Waals surface area contributed by atoms with Crippen LogP contribution in [0.5, 0.6) is 5.75 Å². The van der Waals surface area contributed by atoms with Crippen LogP contribution in [-0.2, 0) is 16.1 Å². The molecule has 2 aliphatic heterocycles. The maximum Gasteiger partial charge on any atom is 0.290 e. The van der Waals surface area contributed by atoms with Crippen LogP contribution in [0.2, 0.25) is 0 Å². The summed E-state index contributed by atoms with van der Waals surface area (Å²) in [6.07, 6.45) is 5.33. The summed E-state index contributed by atoms with van der Waals surface area (Å²) < 4.78 is 20.3. The third kappa shape index (κ3) is 5.02. The van der Waals surface area contributed by atoms with E-state index in [0.29, 0.717) is 31.9 Å². The lowest BCUT2D eigenvalue weighted by Gasteiger charge is -2.38. The zero-order valence-electron chi connectivity index (χ0n) is 18.5. The van der Waals surface area contributed by atoms with Crippen LogP contribution >= 0.6 is 0 Å². The maximum atomic E-state index is 13.1. The molecule has 1 aromatic heterocycles. The number of piperidine rings is 1. The molecule has 172 valence electrons. The molecule has 1 unspecified atom stereocenters. The Balaban J connectivity index is 1.11. The van der Waals surface area contributed by atoms with E-state index >= 15 is 0 Å². The highest BCUT2D eigenvalue weighted by molar-refractivity contribution is 7.78. The van der Waals surface area contributed by atoms with Crippen molar-refractivity contribution in [1.29, 1.82) is 0 Å². The van der Waals surface area contributed by atoms with Crippen LogP contribution in [0.1, 0.15) is 12.8 Å². The molecule has 1 atom stereocenters. The molecule has 0 spiro atoms. The van der Waals surface area contributed by atoms with Crippen LogP contribution in [0.4, 0.5) is 5.69 Å². The fourth-order valence-corrected chi connectivity index (χ4v) is 5.44. The van der Waals surface area contributed by atoms with Gasteiger partial charge in [0.15, 0.2) is 0 Å². The number of carbonyl (C=O) groups excluding carboxylic acids is 1. The molecule has 8 heteroatoms. The summed E-state index contributed by atoms with van der Waals surface area (Å²) in [5, 5.41) is 2.17. The minimum atomic E-state index is -1.58. The maximum absolute atomic E-state index is 13.1. The standard InChI is InChI=1S/C25H28N4O3S/c30-25(21-9-13-27(14-10-21)23-7-11-26-12-8-23)28-15-17-29(18-16-28)33(31)32-24-6-5-20-3-1-2-4-22(20)19-24/h1-8,11-12,19,21H,9-10,13-18H2. The molecule has 2 aromatic carbocycles.